The monoisotopic (exact) mass is 206 g/mol. The molecule has 0 saturated carbocycles. The SMILES string of the molecule is COCC(N)C(=O)N(CCO)CCO. The number of hydrogen-bond acceptors (Lipinski definition) is 5. The van der Waals surface area contributed by atoms with Crippen molar-refractivity contribution >= 4 is 5.91 Å². The number of carbonyl (C=O) groups excluding carboxylic acids is 1. The van der Waals surface area contributed by atoms with Crippen LogP contribution in [-0.2, 0) is 9.53 Å². The Labute approximate surface area is 83.3 Å². The van der Waals surface area contributed by atoms with Gasteiger partial charge in [-0.2, -0.15) is 0 Å². The van der Waals surface area contributed by atoms with Gasteiger partial charge in [-0.1, -0.05) is 0 Å². The zero-order chi connectivity index (χ0) is 11.0. The molecule has 4 N–H and O–H groups in total. The Bertz CT molecular complexity index is 159. The van der Waals surface area contributed by atoms with Crippen molar-refractivity contribution in [2.24, 2.45) is 5.73 Å². The minimum Gasteiger partial charge on any atom is -0.395 e. The Morgan fingerprint density at radius 1 is 1.43 bits per heavy atom. The number of hydrogen-bond donors (Lipinski definition) is 3. The average molecular weight is 206 g/mol. The third-order valence-corrected chi connectivity index (χ3v) is 1.71. The number of rotatable bonds is 7. The second kappa shape index (κ2) is 7.69. The lowest BCUT2D eigenvalue weighted by molar-refractivity contribution is -0.134. The van der Waals surface area contributed by atoms with Gasteiger partial charge in [-0.25, -0.2) is 0 Å². The molecule has 6 heteroatoms. The molecule has 1 amide bonds. The van der Waals surface area contributed by atoms with Crippen molar-refractivity contribution in [3.8, 4) is 0 Å². The number of ether oxygens (including phenoxy) is 1. The van der Waals surface area contributed by atoms with Gasteiger partial charge in [-0.3, -0.25) is 4.79 Å². The highest BCUT2D eigenvalue weighted by molar-refractivity contribution is 5.81. The summed E-state index contributed by atoms with van der Waals surface area (Å²) < 4.78 is 4.73. The lowest BCUT2D eigenvalue weighted by atomic mass is 10.3. The fraction of sp³-hybridized carbons (Fsp3) is 0.875. The van der Waals surface area contributed by atoms with E-state index in [1.165, 1.54) is 12.0 Å². The lowest BCUT2D eigenvalue weighted by Crippen LogP contribution is -2.48. The fourth-order valence-electron chi connectivity index (χ4n) is 1.06. The van der Waals surface area contributed by atoms with Crippen LogP contribution < -0.4 is 5.73 Å². The molecule has 14 heavy (non-hydrogen) atoms. The smallest absolute Gasteiger partial charge is 0.242 e. The van der Waals surface area contributed by atoms with Crippen LogP contribution in [0.4, 0.5) is 0 Å². The predicted molar refractivity (Wildman–Crippen MR) is 50.6 cm³/mol. The van der Waals surface area contributed by atoms with Crippen molar-refractivity contribution in [1.29, 1.82) is 0 Å². The molecule has 1 atom stereocenters. The number of aliphatic hydroxyl groups is 2. The van der Waals surface area contributed by atoms with Crippen molar-refractivity contribution in [2.45, 2.75) is 6.04 Å². The summed E-state index contributed by atoms with van der Waals surface area (Å²) in [6.07, 6.45) is 0. The summed E-state index contributed by atoms with van der Waals surface area (Å²) in [5.41, 5.74) is 5.51. The van der Waals surface area contributed by atoms with E-state index in [0.29, 0.717) is 0 Å². The molecule has 0 aromatic carbocycles. The first kappa shape index (κ1) is 13.3. The normalized spacial score (nSPS) is 12.6. The van der Waals surface area contributed by atoms with E-state index < -0.39 is 6.04 Å². The average Bonchev–Trinajstić information content (AvgIpc) is 2.17. The number of amides is 1. The van der Waals surface area contributed by atoms with Crippen LogP contribution in [0.2, 0.25) is 0 Å². The molecule has 0 bridgehead atoms. The van der Waals surface area contributed by atoms with Crippen molar-refractivity contribution in [1.82, 2.24) is 4.90 Å². The van der Waals surface area contributed by atoms with Gasteiger partial charge in [0.25, 0.3) is 0 Å². The highest BCUT2D eigenvalue weighted by atomic mass is 16.5. The van der Waals surface area contributed by atoms with Gasteiger partial charge in [0.05, 0.1) is 19.8 Å². The van der Waals surface area contributed by atoms with E-state index in [4.69, 9.17) is 20.7 Å². The Morgan fingerprint density at radius 2 is 1.93 bits per heavy atom. The summed E-state index contributed by atoms with van der Waals surface area (Å²) in [6, 6.07) is -0.738. The van der Waals surface area contributed by atoms with Gasteiger partial charge < -0.3 is 25.6 Å². The molecular weight excluding hydrogens is 188 g/mol. The van der Waals surface area contributed by atoms with Gasteiger partial charge in [0.1, 0.15) is 6.04 Å². The molecule has 0 radical (unpaired) electrons. The quantitative estimate of drug-likeness (QED) is 0.438. The predicted octanol–water partition coefficient (Wildman–Crippen LogP) is -2.23. The molecule has 0 aliphatic rings. The Kier molecular flexibility index (Phi) is 7.31. The zero-order valence-electron chi connectivity index (χ0n) is 8.35. The zero-order valence-corrected chi connectivity index (χ0v) is 8.35. The maximum atomic E-state index is 11.5. The van der Waals surface area contributed by atoms with E-state index in [-0.39, 0.29) is 38.8 Å². The molecule has 0 aromatic heterocycles. The molecule has 0 aliphatic heterocycles. The topological polar surface area (TPSA) is 96.0 Å². The van der Waals surface area contributed by atoms with Gasteiger partial charge in [0.2, 0.25) is 5.91 Å². The van der Waals surface area contributed by atoms with E-state index in [9.17, 15) is 4.79 Å². The highest BCUT2D eigenvalue weighted by Gasteiger charge is 2.19. The van der Waals surface area contributed by atoms with E-state index in [0.717, 1.165) is 0 Å². The summed E-state index contributed by atoms with van der Waals surface area (Å²) in [6.45, 7) is 0.191. The van der Waals surface area contributed by atoms with Crippen LogP contribution in [0.3, 0.4) is 0 Å². The summed E-state index contributed by atoms with van der Waals surface area (Å²) in [4.78, 5) is 12.8. The fourth-order valence-corrected chi connectivity index (χ4v) is 1.06. The third-order valence-electron chi connectivity index (χ3n) is 1.71. The largest absolute Gasteiger partial charge is 0.395 e. The summed E-state index contributed by atoms with van der Waals surface area (Å²) in [7, 11) is 1.45. The molecule has 0 fully saturated rings. The molecule has 0 rings (SSSR count). The van der Waals surface area contributed by atoms with Crippen LogP contribution in [0.25, 0.3) is 0 Å². The second-order valence-electron chi connectivity index (χ2n) is 2.83. The van der Waals surface area contributed by atoms with Gasteiger partial charge in [0, 0.05) is 20.2 Å². The Morgan fingerprint density at radius 3 is 2.29 bits per heavy atom. The van der Waals surface area contributed by atoms with Gasteiger partial charge in [-0.15, -0.1) is 0 Å². The van der Waals surface area contributed by atoms with Crippen molar-refractivity contribution in [3.63, 3.8) is 0 Å². The highest BCUT2D eigenvalue weighted by Crippen LogP contribution is 1.93. The van der Waals surface area contributed by atoms with E-state index in [1.807, 2.05) is 0 Å². The lowest BCUT2D eigenvalue weighted by Gasteiger charge is -2.23. The minimum absolute atomic E-state index is 0.131. The first-order chi connectivity index (χ1) is 6.67. The Hall–Kier alpha value is -0.690. The van der Waals surface area contributed by atoms with Crippen LogP contribution in [0, 0.1) is 0 Å². The van der Waals surface area contributed by atoms with E-state index >= 15 is 0 Å². The number of nitrogens with two attached hydrogens (primary N) is 1. The van der Waals surface area contributed by atoms with Crippen molar-refractivity contribution < 1.29 is 19.7 Å². The maximum absolute atomic E-state index is 11.5. The molecule has 84 valence electrons. The number of carbonyl (C=O) groups is 1. The van der Waals surface area contributed by atoms with Crippen LogP contribution in [0.5, 0.6) is 0 Å². The van der Waals surface area contributed by atoms with Crippen molar-refractivity contribution in [2.75, 3.05) is 40.0 Å². The van der Waals surface area contributed by atoms with Gasteiger partial charge >= 0.3 is 0 Å². The molecule has 0 heterocycles. The standard InChI is InChI=1S/C8H18N2O4/c1-14-6-7(9)8(13)10(2-4-11)3-5-12/h7,11-12H,2-6,9H2,1H3. The molecule has 0 aromatic rings. The molecule has 0 saturated heterocycles. The van der Waals surface area contributed by atoms with E-state index in [1.54, 1.807) is 0 Å². The third kappa shape index (κ3) is 4.52. The van der Waals surface area contributed by atoms with Crippen LogP contribution >= 0.6 is 0 Å². The Balaban J connectivity index is 4.11. The summed E-state index contributed by atoms with van der Waals surface area (Å²) >= 11 is 0. The molecule has 0 spiro atoms. The van der Waals surface area contributed by atoms with Crippen molar-refractivity contribution in [3.05, 3.63) is 0 Å². The number of aliphatic hydroxyl groups excluding tert-OH is 2. The number of nitrogens with zero attached hydrogens (tertiary/aromatic N) is 1. The number of methoxy groups -OCH3 is 1. The van der Waals surface area contributed by atoms with Crippen LogP contribution in [0.15, 0.2) is 0 Å². The van der Waals surface area contributed by atoms with Crippen LogP contribution in [0.1, 0.15) is 0 Å². The minimum atomic E-state index is -0.738. The maximum Gasteiger partial charge on any atom is 0.242 e. The first-order valence-corrected chi connectivity index (χ1v) is 4.42. The molecule has 6 nitrogen and oxygen atoms in total. The molecule has 0 aliphatic carbocycles. The summed E-state index contributed by atoms with van der Waals surface area (Å²) in [5, 5.41) is 17.4. The van der Waals surface area contributed by atoms with Gasteiger partial charge in [0.15, 0.2) is 0 Å². The van der Waals surface area contributed by atoms with E-state index in [2.05, 4.69) is 0 Å². The first-order valence-electron chi connectivity index (χ1n) is 4.42. The molecular formula is C8H18N2O4. The molecule has 1 unspecified atom stereocenters. The van der Waals surface area contributed by atoms with Gasteiger partial charge in [-0.05, 0) is 0 Å². The second-order valence-corrected chi connectivity index (χ2v) is 2.83. The summed E-state index contributed by atoms with van der Waals surface area (Å²) in [5.74, 6) is -0.324. The van der Waals surface area contributed by atoms with Crippen LogP contribution in [-0.4, -0.2) is 67.1 Å².